The molecule has 2 N–H and O–H groups in total. The first-order valence-corrected chi connectivity index (χ1v) is 8.37. The maximum Gasteiger partial charge on any atom is 0.228 e. The standard InChI is InChI=1S/C14H25N3OS/c1-10(2)7-11(15)8-14-16-13(17-18-14)9-19-12-5-3-4-6-12/h10-12H,3-9,15H2,1-2H3. The number of nitrogens with two attached hydrogens (primary N) is 1. The van der Waals surface area contributed by atoms with Gasteiger partial charge < -0.3 is 10.3 Å². The molecule has 0 aromatic carbocycles. The molecule has 1 atom stereocenters. The molecule has 1 heterocycles. The number of thioether (sulfide) groups is 1. The zero-order valence-electron chi connectivity index (χ0n) is 12.0. The number of rotatable bonds is 7. The maximum atomic E-state index is 6.06. The van der Waals surface area contributed by atoms with Crippen molar-refractivity contribution in [2.24, 2.45) is 11.7 Å². The lowest BCUT2D eigenvalue weighted by molar-refractivity contribution is 0.356. The molecule has 1 fully saturated rings. The molecule has 108 valence electrons. The molecule has 1 aliphatic carbocycles. The third-order valence-electron chi connectivity index (χ3n) is 3.47. The summed E-state index contributed by atoms with van der Waals surface area (Å²) in [6.45, 7) is 4.36. The maximum absolute atomic E-state index is 6.06. The minimum Gasteiger partial charge on any atom is -0.339 e. The Balaban J connectivity index is 1.74. The fourth-order valence-corrected chi connectivity index (χ4v) is 3.76. The van der Waals surface area contributed by atoms with Gasteiger partial charge in [-0.25, -0.2) is 0 Å². The van der Waals surface area contributed by atoms with Crippen LogP contribution in [0.15, 0.2) is 4.52 Å². The second kappa shape index (κ2) is 7.29. The van der Waals surface area contributed by atoms with Gasteiger partial charge in [0.1, 0.15) is 0 Å². The van der Waals surface area contributed by atoms with E-state index in [1.165, 1.54) is 25.7 Å². The van der Waals surface area contributed by atoms with Crippen molar-refractivity contribution in [2.75, 3.05) is 0 Å². The summed E-state index contributed by atoms with van der Waals surface area (Å²) >= 11 is 1.96. The van der Waals surface area contributed by atoms with Crippen LogP contribution in [0.5, 0.6) is 0 Å². The number of hydrogen-bond acceptors (Lipinski definition) is 5. The summed E-state index contributed by atoms with van der Waals surface area (Å²) in [5, 5.41) is 4.84. The van der Waals surface area contributed by atoms with E-state index >= 15 is 0 Å². The van der Waals surface area contributed by atoms with E-state index in [-0.39, 0.29) is 6.04 Å². The van der Waals surface area contributed by atoms with Gasteiger partial charge in [0, 0.05) is 17.7 Å². The second-order valence-corrected chi connectivity index (χ2v) is 7.20. The van der Waals surface area contributed by atoms with Gasteiger partial charge in [-0.3, -0.25) is 0 Å². The van der Waals surface area contributed by atoms with Gasteiger partial charge >= 0.3 is 0 Å². The van der Waals surface area contributed by atoms with Crippen molar-refractivity contribution < 1.29 is 4.52 Å². The first-order valence-electron chi connectivity index (χ1n) is 7.32. The minimum absolute atomic E-state index is 0.121. The van der Waals surface area contributed by atoms with Crippen LogP contribution >= 0.6 is 11.8 Å². The Bertz CT molecular complexity index is 375. The highest BCUT2D eigenvalue weighted by Crippen LogP contribution is 2.30. The van der Waals surface area contributed by atoms with Crippen molar-refractivity contribution in [3.63, 3.8) is 0 Å². The van der Waals surface area contributed by atoms with Crippen molar-refractivity contribution in [1.82, 2.24) is 10.1 Å². The molecule has 1 saturated carbocycles. The third-order valence-corrected chi connectivity index (χ3v) is 4.84. The van der Waals surface area contributed by atoms with Gasteiger partial charge in [-0.2, -0.15) is 16.7 Å². The average Bonchev–Trinajstić information content (AvgIpc) is 2.95. The molecule has 0 radical (unpaired) electrons. The quantitative estimate of drug-likeness (QED) is 0.832. The first-order chi connectivity index (χ1) is 9.13. The van der Waals surface area contributed by atoms with Crippen LogP contribution in [0.25, 0.3) is 0 Å². The van der Waals surface area contributed by atoms with E-state index in [9.17, 15) is 0 Å². The molecular formula is C14H25N3OS. The largest absolute Gasteiger partial charge is 0.339 e. The fourth-order valence-electron chi connectivity index (χ4n) is 2.59. The zero-order valence-corrected chi connectivity index (χ0v) is 12.8. The second-order valence-electron chi connectivity index (χ2n) is 5.92. The van der Waals surface area contributed by atoms with Gasteiger partial charge in [-0.05, 0) is 25.2 Å². The van der Waals surface area contributed by atoms with Crippen LogP contribution in [0.3, 0.4) is 0 Å². The summed E-state index contributed by atoms with van der Waals surface area (Å²) < 4.78 is 5.28. The van der Waals surface area contributed by atoms with E-state index in [2.05, 4.69) is 24.0 Å². The molecule has 1 aliphatic rings. The summed E-state index contributed by atoms with van der Waals surface area (Å²) in [5.74, 6) is 2.99. The van der Waals surface area contributed by atoms with Crippen LogP contribution in [-0.4, -0.2) is 21.4 Å². The van der Waals surface area contributed by atoms with Gasteiger partial charge in [-0.15, -0.1) is 0 Å². The van der Waals surface area contributed by atoms with Crippen molar-refractivity contribution in [3.05, 3.63) is 11.7 Å². The third kappa shape index (κ3) is 5.15. The van der Waals surface area contributed by atoms with Crippen molar-refractivity contribution in [1.29, 1.82) is 0 Å². The molecule has 0 bridgehead atoms. The van der Waals surface area contributed by atoms with E-state index in [0.29, 0.717) is 18.2 Å². The van der Waals surface area contributed by atoms with Crippen molar-refractivity contribution >= 4 is 11.8 Å². The van der Waals surface area contributed by atoms with E-state index < -0.39 is 0 Å². The van der Waals surface area contributed by atoms with Gasteiger partial charge in [0.2, 0.25) is 5.89 Å². The highest BCUT2D eigenvalue weighted by molar-refractivity contribution is 7.99. The van der Waals surface area contributed by atoms with Crippen LogP contribution in [0.1, 0.15) is 57.7 Å². The molecule has 1 aromatic heterocycles. The van der Waals surface area contributed by atoms with Crippen LogP contribution in [-0.2, 0) is 12.2 Å². The van der Waals surface area contributed by atoms with Crippen LogP contribution < -0.4 is 5.73 Å². The lowest BCUT2D eigenvalue weighted by Gasteiger charge is -2.10. The topological polar surface area (TPSA) is 64.9 Å². The SMILES string of the molecule is CC(C)CC(N)Cc1nc(CSC2CCCC2)no1. The molecule has 1 unspecified atom stereocenters. The average molecular weight is 283 g/mol. The lowest BCUT2D eigenvalue weighted by atomic mass is 10.0. The Morgan fingerprint density at radius 2 is 2.11 bits per heavy atom. The van der Waals surface area contributed by atoms with E-state index in [1.54, 1.807) is 0 Å². The Labute approximate surface area is 119 Å². The fraction of sp³-hybridized carbons (Fsp3) is 0.857. The molecule has 4 nitrogen and oxygen atoms in total. The highest BCUT2D eigenvalue weighted by Gasteiger charge is 2.17. The lowest BCUT2D eigenvalue weighted by Crippen LogP contribution is -2.24. The molecule has 0 spiro atoms. The van der Waals surface area contributed by atoms with E-state index in [0.717, 1.165) is 23.2 Å². The van der Waals surface area contributed by atoms with Gasteiger partial charge in [0.15, 0.2) is 5.82 Å². The minimum atomic E-state index is 0.121. The monoisotopic (exact) mass is 283 g/mol. The zero-order chi connectivity index (χ0) is 13.7. The Morgan fingerprint density at radius 3 is 2.79 bits per heavy atom. The molecule has 2 rings (SSSR count). The van der Waals surface area contributed by atoms with Crippen LogP contribution in [0.4, 0.5) is 0 Å². The predicted molar refractivity (Wildman–Crippen MR) is 79.0 cm³/mol. The molecule has 19 heavy (non-hydrogen) atoms. The predicted octanol–water partition coefficient (Wildman–Crippen LogP) is 3.16. The number of nitrogens with zero attached hydrogens (tertiary/aromatic N) is 2. The summed E-state index contributed by atoms with van der Waals surface area (Å²) in [4.78, 5) is 4.44. The molecule has 1 aromatic rings. The number of hydrogen-bond donors (Lipinski definition) is 1. The first kappa shape index (κ1) is 14.9. The molecule has 0 saturated heterocycles. The summed E-state index contributed by atoms with van der Waals surface area (Å²) in [7, 11) is 0. The molecule has 5 heteroatoms. The van der Waals surface area contributed by atoms with E-state index in [4.69, 9.17) is 10.3 Å². The van der Waals surface area contributed by atoms with Crippen LogP contribution in [0.2, 0.25) is 0 Å². The Kier molecular flexibility index (Phi) is 5.70. The van der Waals surface area contributed by atoms with Crippen molar-refractivity contribution in [3.8, 4) is 0 Å². The van der Waals surface area contributed by atoms with Gasteiger partial charge in [0.25, 0.3) is 0 Å². The highest BCUT2D eigenvalue weighted by atomic mass is 32.2. The number of aromatic nitrogens is 2. The summed E-state index contributed by atoms with van der Waals surface area (Å²) in [6.07, 6.45) is 7.12. The molecular weight excluding hydrogens is 258 g/mol. The Hall–Kier alpha value is -0.550. The smallest absolute Gasteiger partial charge is 0.228 e. The molecule has 0 aliphatic heterocycles. The molecule has 0 amide bonds. The Morgan fingerprint density at radius 1 is 1.37 bits per heavy atom. The summed E-state index contributed by atoms with van der Waals surface area (Å²) in [6, 6.07) is 0.121. The van der Waals surface area contributed by atoms with E-state index in [1.807, 2.05) is 11.8 Å². The van der Waals surface area contributed by atoms with Gasteiger partial charge in [0.05, 0.1) is 5.75 Å². The van der Waals surface area contributed by atoms with Crippen molar-refractivity contribution in [2.45, 2.75) is 69.4 Å². The van der Waals surface area contributed by atoms with Gasteiger partial charge in [-0.1, -0.05) is 31.8 Å². The van der Waals surface area contributed by atoms with Crippen LogP contribution in [0, 0.1) is 5.92 Å². The summed E-state index contributed by atoms with van der Waals surface area (Å²) in [5.41, 5.74) is 6.06. The normalized spacial score (nSPS) is 18.3.